The molecule has 0 aliphatic rings. The van der Waals surface area contributed by atoms with E-state index in [1.165, 1.54) is 6.07 Å². The van der Waals surface area contributed by atoms with Gasteiger partial charge in [0.25, 0.3) is 0 Å². The van der Waals surface area contributed by atoms with Gasteiger partial charge in [0, 0.05) is 0 Å². The Bertz CT molecular complexity index is 595. The fourth-order valence-corrected chi connectivity index (χ4v) is 1.49. The molecule has 0 radical (unpaired) electrons. The van der Waals surface area contributed by atoms with Gasteiger partial charge in [-0.15, -0.1) is 0 Å². The highest BCUT2D eigenvalue weighted by molar-refractivity contribution is 5.90. The second-order valence-electron chi connectivity index (χ2n) is 3.52. The van der Waals surface area contributed by atoms with Gasteiger partial charge in [-0.1, -0.05) is 0 Å². The number of rotatable bonds is 1. The van der Waals surface area contributed by atoms with Crippen LogP contribution in [0.2, 0.25) is 0 Å². The van der Waals surface area contributed by atoms with Crippen molar-refractivity contribution in [1.29, 1.82) is 0 Å². The maximum absolute atomic E-state index is 10.9. The lowest BCUT2D eigenvalue weighted by atomic mass is 10.2. The third-order valence-electron chi connectivity index (χ3n) is 2.43. The molecule has 2 N–H and O–H groups in total. The van der Waals surface area contributed by atoms with Gasteiger partial charge in [0.2, 0.25) is 0 Å². The summed E-state index contributed by atoms with van der Waals surface area (Å²) < 4.78 is 0. The Morgan fingerprint density at radius 2 is 1.88 bits per heavy atom. The molecule has 0 saturated heterocycles. The summed E-state index contributed by atoms with van der Waals surface area (Å²) in [7, 11) is 0. The minimum absolute atomic E-state index is 0.107. The van der Waals surface area contributed by atoms with Crippen molar-refractivity contribution in [3.05, 3.63) is 33.6 Å². The molecule has 0 aliphatic heterocycles. The van der Waals surface area contributed by atoms with E-state index in [0.717, 1.165) is 5.69 Å². The van der Waals surface area contributed by atoms with E-state index in [-0.39, 0.29) is 16.9 Å². The van der Waals surface area contributed by atoms with Crippen LogP contribution in [0.5, 0.6) is 0 Å². The number of nitrogen functional groups attached to an aromatic ring is 1. The number of hydrogen-bond acceptors (Lipinski definition) is 5. The van der Waals surface area contributed by atoms with Gasteiger partial charge < -0.3 is 5.73 Å². The Kier molecular flexibility index (Phi) is 2.19. The summed E-state index contributed by atoms with van der Waals surface area (Å²) >= 11 is 0. The standard InChI is InChI=1S/C10H10N4O2/c1-5-6(2)13-9-8(12-5)4-3-7(11)10(9)14(15)16/h3-4H,11H2,1-2H3. The van der Waals surface area contributed by atoms with Crippen molar-refractivity contribution >= 4 is 22.4 Å². The Labute approximate surface area is 91.3 Å². The number of aromatic nitrogens is 2. The number of nitrogens with two attached hydrogens (primary N) is 1. The summed E-state index contributed by atoms with van der Waals surface area (Å²) in [5.41, 5.74) is 7.66. The number of anilines is 1. The third kappa shape index (κ3) is 1.44. The molecule has 0 atom stereocenters. The fraction of sp³-hybridized carbons (Fsp3) is 0.200. The SMILES string of the molecule is Cc1nc2ccc(N)c([N+](=O)[O-])c2nc1C. The lowest BCUT2D eigenvalue weighted by Gasteiger charge is -2.04. The van der Waals surface area contributed by atoms with Crippen molar-refractivity contribution < 1.29 is 4.92 Å². The average molecular weight is 218 g/mol. The summed E-state index contributed by atoms with van der Waals surface area (Å²) in [5.74, 6) is 0. The molecule has 82 valence electrons. The quantitative estimate of drug-likeness (QED) is 0.446. The molecule has 0 unspecified atom stereocenters. The molecule has 0 fully saturated rings. The lowest BCUT2D eigenvalue weighted by molar-refractivity contribution is -0.382. The number of nitrogens with zero attached hydrogens (tertiary/aromatic N) is 3. The average Bonchev–Trinajstić information content (AvgIpc) is 2.20. The molecule has 6 nitrogen and oxygen atoms in total. The van der Waals surface area contributed by atoms with Gasteiger partial charge in [-0.3, -0.25) is 10.1 Å². The molecule has 0 amide bonds. The molecule has 1 aromatic heterocycles. The molecular weight excluding hydrogens is 208 g/mol. The Morgan fingerprint density at radius 1 is 1.25 bits per heavy atom. The van der Waals surface area contributed by atoms with Crippen molar-refractivity contribution in [3.63, 3.8) is 0 Å². The monoisotopic (exact) mass is 218 g/mol. The van der Waals surface area contributed by atoms with Crippen molar-refractivity contribution in [3.8, 4) is 0 Å². The second kappa shape index (κ2) is 3.41. The number of hydrogen-bond donors (Lipinski definition) is 1. The lowest BCUT2D eigenvalue weighted by Crippen LogP contribution is -2.01. The number of aryl methyl sites for hydroxylation is 2. The van der Waals surface area contributed by atoms with E-state index in [4.69, 9.17) is 5.73 Å². The van der Waals surface area contributed by atoms with E-state index >= 15 is 0 Å². The van der Waals surface area contributed by atoms with Crippen molar-refractivity contribution in [2.75, 3.05) is 5.73 Å². The molecule has 2 aromatic rings. The molecule has 2 rings (SSSR count). The van der Waals surface area contributed by atoms with Crippen LogP contribution in [0, 0.1) is 24.0 Å². The first-order chi connectivity index (χ1) is 7.50. The Morgan fingerprint density at radius 3 is 2.50 bits per heavy atom. The van der Waals surface area contributed by atoms with Gasteiger partial charge in [0.1, 0.15) is 5.69 Å². The first kappa shape index (κ1) is 10.3. The van der Waals surface area contributed by atoms with Crippen LogP contribution in [0.1, 0.15) is 11.4 Å². The minimum Gasteiger partial charge on any atom is -0.393 e. The van der Waals surface area contributed by atoms with E-state index in [0.29, 0.717) is 11.2 Å². The van der Waals surface area contributed by atoms with Crippen LogP contribution in [0.15, 0.2) is 12.1 Å². The van der Waals surface area contributed by atoms with Crippen LogP contribution >= 0.6 is 0 Å². The molecule has 0 spiro atoms. The zero-order valence-corrected chi connectivity index (χ0v) is 8.89. The van der Waals surface area contributed by atoms with Crippen LogP contribution < -0.4 is 5.73 Å². The van der Waals surface area contributed by atoms with Crippen molar-refractivity contribution in [1.82, 2.24) is 9.97 Å². The van der Waals surface area contributed by atoms with E-state index in [1.807, 2.05) is 6.92 Å². The van der Waals surface area contributed by atoms with Gasteiger partial charge >= 0.3 is 5.69 Å². The van der Waals surface area contributed by atoms with E-state index in [2.05, 4.69) is 9.97 Å². The van der Waals surface area contributed by atoms with Gasteiger partial charge in [-0.2, -0.15) is 0 Å². The number of nitro benzene ring substituents is 1. The molecular formula is C10H10N4O2. The molecule has 6 heteroatoms. The highest BCUT2D eigenvalue weighted by Gasteiger charge is 2.19. The maximum atomic E-state index is 10.9. The van der Waals surface area contributed by atoms with Crippen LogP contribution in [0.25, 0.3) is 11.0 Å². The summed E-state index contributed by atoms with van der Waals surface area (Å²) in [6.45, 7) is 3.57. The van der Waals surface area contributed by atoms with Crippen LogP contribution in [0.3, 0.4) is 0 Å². The zero-order valence-electron chi connectivity index (χ0n) is 8.89. The predicted molar refractivity (Wildman–Crippen MR) is 60.1 cm³/mol. The van der Waals surface area contributed by atoms with Gasteiger partial charge in [0.15, 0.2) is 5.52 Å². The zero-order chi connectivity index (χ0) is 11.9. The number of fused-ring (bicyclic) bond motifs is 1. The Balaban J connectivity index is 2.92. The molecule has 1 aromatic carbocycles. The molecule has 16 heavy (non-hydrogen) atoms. The molecule has 1 heterocycles. The fourth-order valence-electron chi connectivity index (χ4n) is 1.49. The largest absolute Gasteiger partial charge is 0.393 e. The van der Waals surface area contributed by atoms with Gasteiger partial charge in [0.05, 0.1) is 21.8 Å². The summed E-state index contributed by atoms with van der Waals surface area (Å²) in [6, 6.07) is 3.11. The normalized spacial score (nSPS) is 10.6. The van der Waals surface area contributed by atoms with E-state index in [1.54, 1.807) is 13.0 Å². The van der Waals surface area contributed by atoms with Crippen LogP contribution in [-0.4, -0.2) is 14.9 Å². The topological polar surface area (TPSA) is 94.9 Å². The van der Waals surface area contributed by atoms with Crippen molar-refractivity contribution in [2.24, 2.45) is 0 Å². The third-order valence-corrected chi connectivity index (χ3v) is 2.43. The van der Waals surface area contributed by atoms with Crippen LogP contribution in [-0.2, 0) is 0 Å². The molecule has 0 aliphatic carbocycles. The number of nitro groups is 1. The smallest absolute Gasteiger partial charge is 0.319 e. The predicted octanol–water partition coefficient (Wildman–Crippen LogP) is 1.74. The second-order valence-corrected chi connectivity index (χ2v) is 3.52. The summed E-state index contributed by atoms with van der Waals surface area (Å²) in [6.07, 6.45) is 0. The minimum atomic E-state index is -0.527. The van der Waals surface area contributed by atoms with Crippen LogP contribution in [0.4, 0.5) is 11.4 Å². The maximum Gasteiger partial charge on any atom is 0.319 e. The first-order valence-electron chi connectivity index (χ1n) is 4.68. The molecule has 0 bridgehead atoms. The van der Waals surface area contributed by atoms with E-state index in [9.17, 15) is 10.1 Å². The van der Waals surface area contributed by atoms with Gasteiger partial charge in [-0.25, -0.2) is 9.97 Å². The number of benzene rings is 1. The highest BCUT2D eigenvalue weighted by Crippen LogP contribution is 2.29. The highest BCUT2D eigenvalue weighted by atomic mass is 16.6. The summed E-state index contributed by atoms with van der Waals surface area (Å²) in [4.78, 5) is 18.8. The van der Waals surface area contributed by atoms with Crippen molar-refractivity contribution in [2.45, 2.75) is 13.8 Å². The first-order valence-corrected chi connectivity index (χ1v) is 4.68. The summed E-state index contributed by atoms with van der Waals surface area (Å²) in [5, 5.41) is 10.9. The van der Waals surface area contributed by atoms with Gasteiger partial charge in [-0.05, 0) is 26.0 Å². The van der Waals surface area contributed by atoms with E-state index < -0.39 is 4.92 Å². The molecule has 0 saturated carbocycles. The Hall–Kier alpha value is -2.24.